The number of aromatic nitrogens is 3. The highest BCUT2D eigenvalue weighted by Crippen LogP contribution is 2.39. The monoisotopic (exact) mass is 636 g/mol. The van der Waals surface area contributed by atoms with Gasteiger partial charge in [0.2, 0.25) is 10.0 Å². The lowest BCUT2D eigenvalue weighted by atomic mass is 9.90. The lowest BCUT2D eigenvalue weighted by Crippen LogP contribution is -2.07. The molecule has 0 saturated heterocycles. The minimum Gasteiger partial charge on any atom is -0.870 e. The maximum atomic E-state index is 15.3. The molecule has 1 aliphatic rings. The first kappa shape index (κ1) is 31.3. The molecule has 8 nitrogen and oxygen atoms in total. The van der Waals surface area contributed by atoms with Crippen molar-refractivity contribution < 1.29 is 28.4 Å². The van der Waals surface area contributed by atoms with Crippen LogP contribution in [-0.2, 0) is 28.0 Å². The van der Waals surface area contributed by atoms with Crippen LogP contribution in [0.4, 0.5) is 8.78 Å². The number of carboxylic acid groups (broad SMARTS) is 1. The largest absolute Gasteiger partial charge is 0.870 e. The molecule has 0 amide bonds. The molecule has 0 spiro atoms. The number of aromatic carboxylic acids is 1. The van der Waals surface area contributed by atoms with Crippen LogP contribution >= 0.6 is 11.3 Å². The molecule has 1 aliphatic carbocycles. The van der Waals surface area contributed by atoms with E-state index in [2.05, 4.69) is 4.98 Å². The summed E-state index contributed by atoms with van der Waals surface area (Å²) in [6.07, 6.45) is 3.07. The van der Waals surface area contributed by atoms with Gasteiger partial charge in [0.25, 0.3) is 0 Å². The van der Waals surface area contributed by atoms with Gasteiger partial charge in [-0.2, -0.15) is 5.10 Å². The van der Waals surface area contributed by atoms with Gasteiger partial charge in [-0.3, -0.25) is 0 Å². The van der Waals surface area contributed by atoms with E-state index in [1.807, 2.05) is 37.3 Å². The molecular weight excluding hydrogens is 607 g/mol. The molecule has 1 fully saturated rings. The average molecular weight is 637 g/mol. The van der Waals surface area contributed by atoms with Gasteiger partial charge in [-0.15, -0.1) is 16.5 Å². The number of halogens is 2. The summed E-state index contributed by atoms with van der Waals surface area (Å²) in [5, 5.41) is 21.8. The highest BCUT2D eigenvalue weighted by atomic mass is 32.2. The van der Waals surface area contributed by atoms with Crippen LogP contribution in [0.5, 0.6) is 0 Å². The Morgan fingerprint density at radius 3 is 2.50 bits per heavy atom. The molecule has 2 aromatic heterocycles. The molecule has 0 radical (unpaired) electrons. The van der Waals surface area contributed by atoms with Crippen molar-refractivity contribution in [3.05, 3.63) is 117 Å². The molecule has 3 aromatic carbocycles. The lowest BCUT2D eigenvalue weighted by Gasteiger charge is -2.15. The minimum atomic E-state index is -2.33. The highest BCUT2D eigenvalue weighted by Gasteiger charge is 2.30. The van der Waals surface area contributed by atoms with Gasteiger partial charge in [-0.1, -0.05) is 47.5 Å². The maximum absolute atomic E-state index is 15.3. The van der Waals surface area contributed by atoms with Crippen molar-refractivity contribution in [3.8, 4) is 16.4 Å². The second kappa shape index (κ2) is 12.9. The third kappa shape index (κ3) is 6.39. The van der Waals surface area contributed by atoms with E-state index < -0.39 is 22.8 Å². The summed E-state index contributed by atoms with van der Waals surface area (Å²) in [5.74, 6) is -1.91. The zero-order chi connectivity index (χ0) is 30.2. The summed E-state index contributed by atoms with van der Waals surface area (Å²) in [4.78, 5) is 15.9. The normalized spacial score (nSPS) is 14.2. The van der Waals surface area contributed by atoms with Crippen molar-refractivity contribution in [2.75, 3.05) is 0 Å². The van der Waals surface area contributed by atoms with E-state index in [1.54, 1.807) is 22.9 Å². The Balaban J connectivity index is 0.00000384. The van der Waals surface area contributed by atoms with E-state index in [4.69, 9.17) is 10.2 Å². The standard InChI is InChI=1S/C32H28F2N4O3S2.H2O/c1-18(21-5-3-2-4-6-21)23-16-22(10-11-25(23)33)30-24(13-20-9-12-29(43(35)41)26(34)14-20)28(15-19-7-8-19)38(37-30)32-36-27(17-42-32)31(39)40;/h2-6,9-12,14,16-19H,7-8,13,15H2,1H3,(H2,35,41)(H,39,40);1H2. The Hall–Kier alpha value is -4.10. The zero-order valence-corrected chi connectivity index (χ0v) is 25.4. The molecule has 228 valence electrons. The smallest absolute Gasteiger partial charge is 0.355 e. The Kier molecular flexibility index (Phi) is 9.16. The fourth-order valence-corrected chi connectivity index (χ4v) is 6.58. The first-order valence-corrected chi connectivity index (χ1v) is 16.1. The minimum absolute atomic E-state index is 0. The molecule has 0 bridgehead atoms. The Morgan fingerprint density at radius 2 is 1.86 bits per heavy atom. The van der Waals surface area contributed by atoms with E-state index in [1.165, 1.54) is 34.9 Å². The Labute approximate surface area is 259 Å². The number of hydrogen-bond donors (Lipinski definition) is 2. The van der Waals surface area contributed by atoms with Crippen molar-refractivity contribution in [2.45, 2.75) is 43.4 Å². The van der Waals surface area contributed by atoms with Crippen molar-refractivity contribution in [1.29, 1.82) is 0 Å². The molecule has 0 aliphatic heterocycles. The van der Waals surface area contributed by atoms with E-state index >= 15 is 4.39 Å². The number of rotatable bonds is 10. The summed E-state index contributed by atoms with van der Waals surface area (Å²) in [6.45, 7) is 1.95. The van der Waals surface area contributed by atoms with Gasteiger partial charge in [0.05, 0.1) is 11.4 Å². The number of carbonyl (C=O) groups is 1. The van der Waals surface area contributed by atoms with E-state index in [9.17, 15) is 18.5 Å². The van der Waals surface area contributed by atoms with Crippen LogP contribution in [0.25, 0.3) is 16.4 Å². The topological polar surface area (TPSA) is 141 Å². The predicted octanol–water partition coefficient (Wildman–Crippen LogP) is 6.42. The van der Waals surface area contributed by atoms with Gasteiger partial charge in [-0.25, -0.2) is 23.2 Å². The second-order valence-corrected chi connectivity index (χ2v) is 12.8. The number of thiazole rings is 1. The number of hydrogen-bond acceptors (Lipinski definition) is 6. The molecule has 5 aromatic rings. The Bertz CT molecular complexity index is 1850. The predicted molar refractivity (Wildman–Crippen MR) is 165 cm³/mol. The van der Waals surface area contributed by atoms with Crippen molar-refractivity contribution >= 4 is 28.3 Å². The molecule has 6 rings (SSSR count). The molecular formula is C32H30F2N4O4S2. The molecule has 4 N–H and O–H groups in total. The summed E-state index contributed by atoms with van der Waals surface area (Å²) < 4.78 is 43.6. The van der Waals surface area contributed by atoms with Gasteiger partial charge < -0.3 is 10.6 Å². The van der Waals surface area contributed by atoms with Gasteiger partial charge in [-0.05, 0) is 72.2 Å². The van der Waals surface area contributed by atoms with Crippen LogP contribution in [0.2, 0.25) is 0 Å². The van der Waals surface area contributed by atoms with Gasteiger partial charge in [0.15, 0.2) is 22.5 Å². The van der Waals surface area contributed by atoms with Crippen LogP contribution in [0.3, 0.4) is 0 Å². The lowest BCUT2D eigenvalue weighted by molar-refractivity contribution is 0.0691. The van der Waals surface area contributed by atoms with Gasteiger partial charge in [0, 0.05) is 28.8 Å². The first-order valence-electron chi connectivity index (χ1n) is 13.8. The average Bonchev–Trinajstić information content (AvgIpc) is 3.55. The number of nitrogens with two attached hydrogens (primary N) is 1. The highest BCUT2D eigenvalue weighted by molar-refractivity contribution is 7.82. The summed E-state index contributed by atoms with van der Waals surface area (Å²) >= 11 is 1.17. The summed E-state index contributed by atoms with van der Waals surface area (Å²) in [7, 11) is -2.33. The summed E-state index contributed by atoms with van der Waals surface area (Å²) in [6, 6.07) is 19.1. The third-order valence-electron chi connectivity index (χ3n) is 7.83. The van der Waals surface area contributed by atoms with Crippen LogP contribution in [-0.4, -0.2) is 31.3 Å². The quantitative estimate of drug-likeness (QED) is 0.134. The van der Waals surface area contributed by atoms with Crippen molar-refractivity contribution in [2.24, 2.45) is 11.1 Å². The van der Waals surface area contributed by atoms with Gasteiger partial charge in [0.1, 0.15) is 5.82 Å². The molecule has 44 heavy (non-hydrogen) atoms. The number of nitrogens with zero attached hydrogens (tertiary/aromatic N) is 3. The van der Waals surface area contributed by atoms with Crippen molar-refractivity contribution in [3.63, 3.8) is 0 Å². The fourth-order valence-electron chi connectivity index (χ4n) is 5.31. The fraction of sp³-hybridized carbons (Fsp3) is 0.219. The Morgan fingerprint density at radius 1 is 1.11 bits per heavy atom. The number of carboxylic acids is 1. The molecule has 2 heterocycles. The van der Waals surface area contributed by atoms with Crippen LogP contribution in [0.15, 0.2) is 77.0 Å². The molecule has 2 unspecified atom stereocenters. The number of benzene rings is 3. The zero-order valence-electron chi connectivity index (χ0n) is 23.7. The van der Waals surface area contributed by atoms with Crippen molar-refractivity contribution in [1.82, 2.24) is 14.8 Å². The van der Waals surface area contributed by atoms with E-state index in [0.29, 0.717) is 39.9 Å². The van der Waals surface area contributed by atoms with Crippen LogP contribution in [0.1, 0.15) is 64.1 Å². The molecule has 2 atom stereocenters. The molecule has 1 saturated carbocycles. The molecule has 12 heteroatoms. The maximum Gasteiger partial charge on any atom is 0.355 e. The van der Waals surface area contributed by atoms with Crippen LogP contribution < -0.4 is 5.14 Å². The van der Waals surface area contributed by atoms with Gasteiger partial charge >= 0.3 is 5.97 Å². The van der Waals surface area contributed by atoms with E-state index in [0.717, 1.165) is 29.7 Å². The van der Waals surface area contributed by atoms with E-state index in [-0.39, 0.29) is 34.2 Å². The number of thiol groups is 1. The third-order valence-corrected chi connectivity index (χ3v) is 9.48. The van der Waals surface area contributed by atoms with Crippen LogP contribution in [0, 0.1) is 17.6 Å². The summed E-state index contributed by atoms with van der Waals surface area (Å²) in [5.41, 5.74) is 4.95. The second-order valence-electron chi connectivity index (χ2n) is 10.8. The first-order chi connectivity index (χ1) is 20.7. The SMILES string of the molecule is CC(c1ccccc1)c1cc(-c2nn(-c3nc(C(=O)O)cs3)c(CC3CC3)c2Cc2ccc([SH+](N)=O)c(F)c2)ccc1F.[OH-].